The van der Waals surface area contributed by atoms with Crippen molar-refractivity contribution in [2.75, 3.05) is 6.54 Å². The lowest BCUT2D eigenvalue weighted by Gasteiger charge is -2.25. The number of aryl methyl sites for hydroxylation is 2. The molecule has 0 radical (unpaired) electrons. The molecule has 114 valence electrons. The van der Waals surface area contributed by atoms with Crippen LogP contribution in [0.3, 0.4) is 0 Å². The molecule has 0 unspecified atom stereocenters. The van der Waals surface area contributed by atoms with Crippen molar-refractivity contribution in [1.82, 2.24) is 15.1 Å². The summed E-state index contributed by atoms with van der Waals surface area (Å²) in [4.78, 5) is 14.7. The molecule has 1 aliphatic rings. The largest absolute Gasteiger partial charge is 0.335 e. The molecule has 4 heteroatoms. The van der Waals surface area contributed by atoms with E-state index >= 15 is 0 Å². The molecule has 22 heavy (non-hydrogen) atoms. The van der Waals surface area contributed by atoms with Gasteiger partial charge < -0.3 is 4.90 Å². The van der Waals surface area contributed by atoms with E-state index in [1.807, 2.05) is 17.9 Å². The van der Waals surface area contributed by atoms with Crippen LogP contribution in [0.2, 0.25) is 0 Å². The fourth-order valence-corrected chi connectivity index (χ4v) is 3.07. The van der Waals surface area contributed by atoms with Gasteiger partial charge in [-0.05, 0) is 44.7 Å². The number of likely N-dealkylation sites (tertiary alicyclic amines) is 1. The minimum Gasteiger partial charge on any atom is -0.335 e. The van der Waals surface area contributed by atoms with Crippen LogP contribution in [0.5, 0.6) is 0 Å². The Morgan fingerprint density at radius 1 is 1.27 bits per heavy atom. The summed E-state index contributed by atoms with van der Waals surface area (Å²) in [5.74, 6) is 0.0765. The van der Waals surface area contributed by atoms with Crippen molar-refractivity contribution in [3.8, 4) is 0 Å². The van der Waals surface area contributed by atoms with E-state index in [0.29, 0.717) is 5.56 Å². The van der Waals surface area contributed by atoms with E-state index in [0.717, 1.165) is 31.5 Å². The Hall–Kier alpha value is -2.23. The Morgan fingerprint density at radius 2 is 2.05 bits per heavy atom. The highest BCUT2D eigenvalue weighted by atomic mass is 16.2. The highest BCUT2D eigenvalue weighted by Crippen LogP contribution is 2.23. The maximum Gasteiger partial charge on any atom is 0.255 e. The minimum atomic E-state index is 0.0765. The van der Waals surface area contributed by atoms with Crippen molar-refractivity contribution in [2.45, 2.75) is 39.2 Å². The molecule has 1 aliphatic heterocycles. The van der Waals surface area contributed by atoms with Crippen LogP contribution in [0.1, 0.15) is 40.0 Å². The fraction of sp³-hybridized carbons (Fsp3) is 0.389. The van der Waals surface area contributed by atoms with E-state index in [1.165, 1.54) is 11.1 Å². The van der Waals surface area contributed by atoms with Gasteiger partial charge in [-0.3, -0.25) is 4.79 Å². The van der Waals surface area contributed by atoms with Crippen molar-refractivity contribution >= 4 is 5.91 Å². The molecule has 0 aliphatic carbocycles. The molecule has 0 bridgehead atoms. The van der Waals surface area contributed by atoms with Crippen LogP contribution < -0.4 is 0 Å². The Morgan fingerprint density at radius 3 is 2.77 bits per heavy atom. The predicted molar refractivity (Wildman–Crippen MR) is 85.7 cm³/mol. The summed E-state index contributed by atoms with van der Waals surface area (Å²) >= 11 is 0. The molecule has 4 nitrogen and oxygen atoms in total. The maximum absolute atomic E-state index is 12.7. The van der Waals surface area contributed by atoms with E-state index in [1.54, 1.807) is 6.20 Å². The van der Waals surface area contributed by atoms with Gasteiger partial charge in [0.25, 0.3) is 5.91 Å². The van der Waals surface area contributed by atoms with E-state index in [-0.39, 0.29) is 11.9 Å². The molecule has 1 saturated heterocycles. The molecule has 0 N–H and O–H groups in total. The summed E-state index contributed by atoms with van der Waals surface area (Å²) in [7, 11) is 0. The SMILES string of the molecule is Cc1ccc(C[C@@H]2CCCN2C(=O)c2cnnc(C)c2)cc1. The first-order chi connectivity index (χ1) is 10.6. The first-order valence-electron chi connectivity index (χ1n) is 7.79. The van der Waals surface area contributed by atoms with Gasteiger partial charge in [0.15, 0.2) is 0 Å². The number of carbonyl (C=O) groups is 1. The van der Waals surface area contributed by atoms with Crippen LogP contribution in [-0.2, 0) is 6.42 Å². The van der Waals surface area contributed by atoms with E-state index < -0.39 is 0 Å². The first kappa shape index (κ1) is 14.7. The highest BCUT2D eigenvalue weighted by Gasteiger charge is 2.29. The number of amides is 1. The Kier molecular flexibility index (Phi) is 4.18. The van der Waals surface area contributed by atoms with Gasteiger partial charge in [-0.25, -0.2) is 0 Å². The third kappa shape index (κ3) is 3.16. The van der Waals surface area contributed by atoms with Crippen LogP contribution >= 0.6 is 0 Å². The molecule has 2 aromatic rings. The smallest absolute Gasteiger partial charge is 0.255 e. The van der Waals surface area contributed by atoms with Gasteiger partial charge in [-0.1, -0.05) is 29.8 Å². The zero-order chi connectivity index (χ0) is 15.5. The summed E-state index contributed by atoms with van der Waals surface area (Å²) in [6, 6.07) is 10.7. The molecule has 1 aromatic heterocycles. The van der Waals surface area contributed by atoms with E-state index in [4.69, 9.17) is 0 Å². The van der Waals surface area contributed by atoms with Gasteiger partial charge in [0.05, 0.1) is 17.5 Å². The van der Waals surface area contributed by atoms with Crippen molar-refractivity contribution in [2.24, 2.45) is 0 Å². The normalized spacial score (nSPS) is 17.7. The van der Waals surface area contributed by atoms with Crippen molar-refractivity contribution < 1.29 is 4.79 Å². The van der Waals surface area contributed by atoms with Crippen molar-refractivity contribution in [1.29, 1.82) is 0 Å². The average Bonchev–Trinajstić information content (AvgIpc) is 2.97. The Bertz CT molecular complexity index is 666. The zero-order valence-electron chi connectivity index (χ0n) is 13.1. The summed E-state index contributed by atoms with van der Waals surface area (Å²) in [6.07, 6.45) is 4.62. The van der Waals surface area contributed by atoms with Crippen molar-refractivity contribution in [3.63, 3.8) is 0 Å². The number of nitrogens with zero attached hydrogens (tertiary/aromatic N) is 3. The highest BCUT2D eigenvalue weighted by molar-refractivity contribution is 5.94. The van der Waals surface area contributed by atoms with Gasteiger partial charge in [-0.2, -0.15) is 10.2 Å². The number of aromatic nitrogens is 2. The monoisotopic (exact) mass is 295 g/mol. The molecule has 1 fully saturated rings. The van der Waals surface area contributed by atoms with Gasteiger partial charge in [-0.15, -0.1) is 0 Å². The third-order valence-corrected chi connectivity index (χ3v) is 4.25. The lowest BCUT2D eigenvalue weighted by Crippen LogP contribution is -2.37. The molecule has 2 heterocycles. The first-order valence-corrected chi connectivity index (χ1v) is 7.79. The van der Waals surface area contributed by atoms with Crippen LogP contribution in [0.4, 0.5) is 0 Å². The lowest BCUT2D eigenvalue weighted by molar-refractivity contribution is 0.0735. The van der Waals surface area contributed by atoms with Gasteiger partial charge in [0.2, 0.25) is 0 Å². The van der Waals surface area contributed by atoms with Gasteiger partial charge in [0, 0.05) is 12.6 Å². The number of benzene rings is 1. The average molecular weight is 295 g/mol. The van der Waals surface area contributed by atoms with E-state index in [2.05, 4.69) is 41.4 Å². The summed E-state index contributed by atoms with van der Waals surface area (Å²) < 4.78 is 0. The van der Waals surface area contributed by atoms with Crippen LogP contribution in [0, 0.1) is 13.8 Å². The zero-order valence-corrected chi connectivity index (χ0v) is 13.1. The maximum atomic E-state index is 12.7. The van der Waals surface area contributed by atoms with E-state index in [9.17, 15) is 4.79 Å². The predicted octanol–water partition coefficient (Wildman–Crippen LogP) is 2.94. The quantitative estimate of drug-likeness (QED) is 0.874. The molecule has 1 aromatic carbocycles. The second-order valence-electron chi connectivity index (χ2n) is 6.07. The molecule has 1 amide bonds. The van der Waals surface area contributed by atoms with Gasteiger partial charge >= 0.3 is 0 Å². The number of hydrogen-bond donors (Lipinski definition) is 0. The Balaban J connectivity index is 1.75. The van der Waals surface area contributed by atoms with Crippen molar-refractivity contribution in [3.05, 3.63) is 58.9 Å². The molecular formula is C18H21N3O. The number of hydrogen-bond acceptors (Lipinski definition) is 3. The molecule has 0 spiro atoms. The van der Waals surface area contributed by atoms with Gasteiger partial charge in [0.1, 0.15) is 0 Å². The molecular weight excluding hydrogens is 274 g/mol. The standard InChI is InChI=1S/C18H21N3O/c1-13-5-7-15(8-6-13)11-17-4-3-9-21(17)18(22)16-10-14(2)20-19-12-16/h5-8,10,12,17H,3-4,9,11H2,1-2H3/t17-/m0/s1. The molecule has 3 rings (SSSR count). The minimum absolute atomic E-state index is 0.0765. The molecule has 0 saturated carbocycles. The summed E-state index contributed by atoms with van der Waals surface area (Å²) in [5.41, 5.74) is 3.98. The van der Waals surface area contributed by atoms with Crippen LogP contribution in [0.15, 0.2) is 36.5 Å². The molecule has 1 atom stereocenters. The number of rotatable bonds is 3. The fourth-order valence-electron chi connectivity index (χ4n) is 3.07. The third-order valence-electron chi connectivity index (χ3n) is 4.25. The topological polar surface area (TPSA) is 46.1 Å². The second kappa shape index (κ2) is 6.26. The Labute approximate surface area is 131 Å². The lowest BCUT2D eigenvalue weighted by atomic mass is 10.0. The number of carbonyl (C=O) groups excluding carboxylic acids is 1. The summed E-state index contributed by atoms with van der Waals surface area (Å²) in [6.45, 7) is 4.78. The summed E-state index contributed by atoms with van der Waals surface area (Å²) in [5, 5.41) is 7.82. The van der Waals surface area contributed by atoms with Crippen LogP contribution in [0.25, 0.3) is 0 Å². The second-order valence-corrected chi connectivity index (χ2v) is 6.07. The van der Waals surface area contributed by atoms with Crippen LogP contribution in [-0.4, -0.2) is 33.6 Å².